The van der Waals surface area contributed by atoms with Gasteiger partial charge in [0.05, 0.1) is 13.7 Å². The molecule has 0 amide bonds. The van der Waals surface area contributed by atoms with Crippen molar-refractivity contribution >= 4 is 5.97 Å². The Hall–Kier alpha value is -1.79. The SMILES string of the molecule is COC(=O)CC#Cc1ccc(CO)cc1. The van der Waals surface area contributed by atoms with E-state index < -0.39 is 0 Å². The quantitative estimate of drug-likeness (QED) is 0.579. The minimum Gasteiger partial charge on any atom is -0.468 e. The third kappa shape index (κ3) is 3.84. The van der Waals surface area contributed by atoms with Crippen molar-refractivity contribution in [3.05, 3.63) is 35.4 Å². The van der Waals surface area contributed by atoms with Crippen molar-refractivity contribution in [2.24, 2.45) is 0 Å². The maximum Gasteiger partial charge on any atom is 0.317 e. The molecule has 3 heteroatoms. The third-order valence-electron chi connectivity index (χ3n) is 1.83. The van der Waals surface area contributed by atoms with E-state index in [-0.39, 0.29) is 19.0 Å². The third-order valence-corrected chi connectivity index (χ3v) is 1.83. The van der Waals surface area contributed by atoms with E-state index >= 15 is 0 Å². The summed E-state index contributed by atoms with van der Waals surface area (Å²) < 4.78 is 4.45. The highest BCUT2D eigenvalue weighted by atomic mass is 16.5. The molecule has 0 aliphatic heterocycles. The molecule has 0 saturated heterocycles. The summed E-state index contributed by atoms with van der Waals surface area (Å²) in [4.78, 5) is 10.7. The van der Waals surface area contributed by atoms with Crippen LogP contribution in [0.5, 0.6) is 0 Å². The molecule has 78 valence electrons. The highest BCUT2D eigenvalue weighted by molar-refractivity contribution is 5.72. The van der Waals surface area contributed by atoms with Gasteiger partial charge < -0.3 is 9.84 Å². The molecule has 0 aliphatic rings. The molecule has 0 radical (unpaired) electrons. The standard InChI is InChI=1S/C12H12O3/c1-15-12(14)4-2-3-10-5-7-11(9-13)8-6-10/h5-8,13H,4,9H2,1H3. The molecule has 0 atom stereocenters. The Bertz CT molecular complexity index is 382. The Balaban J connectivity index is 2.60. The Labute approximate surface area is 88.7 Å². The molecule has 1 rings (SSSR count). The first kappa shape index (κ1) is 11.3. The van der Waals surface area contributed by atoms with Crippen molar-refractivity contribution in [1.82, 2.24) is 0 Å². The van der Waals surface area contributed by atoms with Gasteiger partial charge in [-0.2, -0.15) is 0 Å². The summed E-state index contributed by atoms with van der Waals surface area (Å²) in [5.74, 6) is 5.19. The molecule has 0 spiro atoms. The molecule has 3 nitrogen and oxygen atoms in total. The molecule has 0 fully saturated rings. The smallest absolute Gasteiger partial charge is 0.317 e. The van der Waals surface area contributed by atoms with Gasteiger partial charge in [-0.05, 0) is 17.7 Å². The molecular weight excluding hydrogens is 192 g/mol. The molecular formula is C12H12O3. The second-order valence-electron chi connectivity index (χ2n) is 2.91. The van der Waals surface area contributed by atoms with Crippen LogP contribution in [0.2, 0.25) is 0 Å². The minimum atomic E-state index is -0.338. The van der Waals surface area contributed by atoms with Crippen LogP contribution >= 0.6 is 0 Å². The van der Waals surface area contributed by atoms with Crippen LogP contribution in [0.15, 0.2) is 24.3 Å². The van der Waals surface area contributed by atoms with E-state index in [4.69, 9.17) is 5.11 Å². The van der Waals surface area contributed by atoms with Crippen LogP contribution in [-0.4, -0.2) is 18.2 Å². The van der Waals surface area contributed by atoms with Gasteiger partial charge in [0.15, 0.2) is 0 Å². The van der Waals surface area contributed by atoms with Gasteiger partial charge in [-0.25, -0.2) is 0 Å². The topological polar surface area (TPSA) is 46.5 Å². The molecule has 15 heavy (non-hydrogen) atoms. The summed E-state index contributed by atoms with van der Waals surface area (Å²) in [6, 6.07) is 7.19. The largest absolute Gasteiger partial charge is 0.468 e. The van der Waals surface area contributed by atoms with E-state index in [1.54, 1.807) is 24.3 Å². The zero-order valence-electron chi connectivity index (χ0n) is 8.49. The number of carbonyl (C=O) groups excluding carboxylic acids is 1. The van der Waals surface area contributed by atoms with Crippen molar-refractivity contribution in [3.63, 3.8) is 0 Å². The molecule has 0 bridgehead atoms. The first-order valence-electron chi connectivity index (χ1n) is 4.51. The summed E-state index contributed by atoms with van der Waals surface area (Å²) in [5.41, 5.74) is 1.66. The van der Waals surface area contributed by atoms with Crippen LogP contribution in [0.25, 0.3) is 0 Å². The van der Waals surface area contributed by atoms with E-state index in [1.165, 1.54) is 7.11 Å². The van der Waals surface area contributed by atoms with Gasteiger partial charge in [-0.15, -0.1) is 0 Å². The summed E-state index contributed by atoms with van der Waals surface area (Å²) in [6.45, 7) is 0.0237. The van der Waals surface area contributed by atoms with Crippen molar-refractivity contribution in [1.29, 1.82) is 0 Å². The van der Waals surface area contributed by atoms with Crippen molar-refractivity contribution in [2.75, 3.05) is 7.11 Å². The van der Waals surface area contributed by atoms with Crippen molar-refractivity contribution < 1.29 is 14.6 Å². The van der Waals surface area contributed by atoms with Gasteiger partial charge in [0.25, 0.3) is 0 Å². The Kier molecular flexibility index (Phi) is 4.39. The highest BCUT2D eigenvalue weighted by Gasteiger charge is 1.94. The van der Waals surface area contributed by atoms with E-state index in [0.717, 1.165) is 11.1 Å². The first-order valence-corrected chi connectivity index (χ1v) is 4.51. The maximum absolute atomic E-state index is 10.7. The van der Waals surface area contributed by atoms with Crippen LogP contribution in [0.3, 0.4) is 0 Å². The number of carbonyl (C=O) groups is 1. The number of ether oxygens (including phenoxy) is 1. The first-order chi connectivity index (χ1) is 7.26. The number of aliphatic hydroxyl groups excluding tert-OH is 1. The van der Waals surface area contributed by atoms with Gasteiger partial charge >= 0.3 is 5.97 Å². The normalized spacial score (nSPS) is 8.93. The number of aliphatic hydroxyl groups is 1. The van der Waals surface area contributed by atoms with Crippen molar-refractivity contribution in [2.45, 2.75) is 13.0 Å². The van der Waals surface area contributed by atoms with E-state index in [0.29, 0.717) is 0 Å². The van der Waals surface area contributed by atoms with Crippen LogP contribution in [0, 0.1) is 11.8 Å². The summed E-state index contributed by atoms with van der Waals surface area (Å²) in [6.07, 6.45) is 0.0955. The van der Waals surface area contributed by atoms with Gasteiger partial charge in [0.1, 0.15) is 6.42 Å². The Morgan fingerprint density at radius 3 is 2.60 bits per heavy atom. The number of methoxy groups -OCH3 is 1. The molecule has 0 unspecified atom stereocenters. The zero-order valence-corrected chi connectivity index (χ0v) is 8.49. The number of hydrogen-bond donors (Lipinski definition) is 1. The highest BCUT2D eigenvalue weighted by Crippen LogP contribution is 2.02. The molecule has 1 aromatic rings. The lowest BCUT2D eigenvalue weighted by Crippen LogP contribution is -1.97. The molecule has 0 saturated carbocycles. The lowest BCUT2D eigenvalue weighted by molar-refractivity contribution is -0.139. The number of rotatable bonds is 2. The van der Waals surface area contributed by atoms with Crippen LogP contribution in [0.1, 0.15) is 17.5 Å². The summed E-state index contributed by atoms with van der Waals surface area (Å²) in [5, 5.41) is 8.81. The van der Waals surface area contributed by atoms with Gasteiger partial charge in [0, 0.05) is 5.56 Å². The van der Waals surface area contributed by atoms with Gasteiger partial charge in [0.2, 0.25) is 0 Å². The molecule has 0 heterocycles. The zero-order chi connectivity index (χ0) is 11.1. The number of benzene rings is 1. The second kappa shape index (κ2) is 5.84. The van der Waals surface area contributed by atoms with E-state index in [2.05, 4.69) is 16.6 Å². The van der Waals surface area contributed by atoms with E-state index in [1.807, 2.05) is 0 Å². The van der Waals surface area contributed by atoms with Crippen LogP contribution < -0.4 is 0 Å². The fourth-order valence-electron chi connectivity index (χ4n) is 0.984. The van der Waals surface area contributed by atoms with Crippen LogP contribution in [-0.2, 0) is 16.1 Å². The Morgan fingerprint density at radius 1 is 1.40 bits per heavy atom. The lowest BCUT2D eigenvalue weighted by atomic mass is 10.1. The molecule has 0 aliphatic carbocycles. The number of hydrogen-bond acceptors (Lipinski definition) is 3. The Morgan fingerprint density at radius 2 is 2.07 bits per heavy atom. The maximum atomic E-state index is 10.7. The lowest BCUT2D eigenvalue weighted by Gasteiger charge is -1.94. The second-order valence-corrected chi connectivity index (χ2v) is 2.91. The average Bonchev–Trinajstić information content (AvgIpc) is 2.29. The average molecular weight is 204 g/mol. The molecule has 1 N–H and O–H groups in total. The van der Waals surface area contributed by atoms with Gasteiger partial charge in [-0.1, -0.05) is 24.0 Å². The van der Waals surface area contributed by atoms with Crippen LogP contribution in [0.4, 0.5) is 0 Å². The minimum absolute atomic E-state index is 0.0237. The predicted molar refractivity (Wildman–Crippen MR) is 55.9 cm³/mol. The van der Waals surface area contributed by atoms with Gasteiger partial charge in [-0.3, -0.25) is 4.79 Å². The van der Waals surface area contributed by atoms with Crippen molar-refractivity contribution in [3.8, 4) is 11.8 Å². The number of esters is 1. The molecule has 0 aromatic heterocycles. The predicted octanol–water partition coefficient (Wildman–Crippen LogP) is 1.09. The van der Waals surface area contributed by atoms with E-state index in [9.17, 15) is 4.79 Å². The fraction of sp³-hybridized carbons (Fsp3) is 0.250. The summed E-state index contributed by atoms with van der Waals surface area (Å²) in [7, 11) is 1.33. The monoisotopic (exact) mass is 204 g/mol. The molecule has 1 aromatic carbocycles. The fourth-order valence-corrected chi connectivity index (χ4v) is 0.984. The summed E-state index contributed by atoms with van der Waals surface area (Å²) >= 11 is 0.